The predicted molar refractivity (Wildman–Crippen MR) is 124 cm³/mol. The molecule has 0 heterocycles. The van der Waals surface area contributed by atoms with Gasteiger partial charge in [0.2, 0.25) is 0 Å². The van der Waals surface area contributed by atoms with Crippen LogP contribution in [0.5, 0.6) is 0 Å². The van der Waals surface area contributed by atoms with Gasteiger partial charge in [-0.1, -0.05) is 68.7 Å². The average molecular weight is 403 g/mol. The molecule has 2 fully saturated rings. The summed E-state index contributed by atoms with van der Waals surface area (Å²) in [7, 11) is 2.01. The third-order valence-electron chi connectivity index (χ3n) is 5.35. The fraction of sp³-hybridized carbons (Fsp3) is 0.640. The van der Waals surface area contributed by atoms with Crippen molar-refractivity contribution in [2.75, 3.05) is 13.6 Å². The number of rotatable bonds is 7. The second-order valence-electron chi connectivity index (χ2n) is 8.69. The number of hydrogen-bond acceptors (Lipinski definition) is 3. The summed E-state index contributed by atoms with van der Waals surface area (Å²) in [5.74, 6) is -0.721. The van der Waals surface area contributed by atoms with Gasteiger partial charge in [-0.3, -0.25) is 4.79 Å². The van der Waals surface area contributed by atoms with Crippen molar-refractivity contribution in [3.63, 3.8) is 0 Å². The summed E-state index contributed by atoms with van der Waals surface area (Å²) >= 11 is 0. The van der Waals surface area contributed by atoms with Gasteiger partial charge in [-0.25, -0.2) is 0 Å². The van der Waals surface area contributed by atoms with Crippen molar-refractivity contribution >= 4 is 12.0 Å². The van der Waals surface area contributed by atoms with Crippen molar-refractivity contribution in [1.29, 1.82) is 0 Å². The highest BCUT2D eigenvalue weighted by atomic mass is 16.4. The SMILES string of the molecule is CC(C)(CNC1CCCCC1)C(=O)O.CC/C=C\c1ccccc1.CNC1CC1. The highest BCUT2D eigenvalue weighted by molar-refractivity contribution is 5.73. The Hall–Kier alpha value is -1.65. The Labute approximate surface area is 178 Å². The zero-order chi connectivity index (χ0) is 21.5. The first-order valence-corrected chi connectivity index (χ1v) is 11.2. The van der Waals surface area contributed by atoms with E-state index in [2.05, 4.69) is 54.0 Å². The van der Waals surface area contributed by atoms with E-state index in [4.69, 9.17) is 5.11 Å². The van der Waals surface area contributed by atoms with E-state index in [0.717, 1.165) is 12.5 Å². The number of carboxylic acids is 1. The fourth-order valence-corrected chi connectivity index (χ4v) is 2.97. The lowest BCUT2D eigenvalue weighted by Crippen LogP contribution is -2.41. The Morgan fingerprint density at radius 2 is 1.69 bits per heavy atom. The average Bonchev–Trinajstić information content (AvgIpc) is 3.58. The zero-order valence-electron chi connectivity index (χ0n) is 18.9. The molecule has 0 aromatic heterocycles. The fourth-order valence-electron chi connectivity index (χ4n) is 2.97. The Balaban J connectivity index is 0.000000242. The van der Waals surface area contributed by atoms with Crippen LogP contribution in [0.4, 0.5) is 0 Å². The van der Waals surface area contributed by atoms with Crippen LogP contribution in [-0.4, -0.2) is 36.8 Å². The number of nitrogens with one attached hydrogen (secondary N) is 2. The van der Waals surface area contributed by atoms with Crippen LogP contribution in [0.25, 0.3) is 6.08 Å². The van der Waals surface area contributed by atoms with E-state index >= 15 is 0 Å². The lowest BCUT2D eigenvalue weighted by atomic mass is 9.91. The van der Waals surface area contributed by atoms with E-state index in [0.29, 0.717) is 12.6 Å². The van der Waals surface area contributed by atoms with E-state index in [9.17, 15) is 4.79 Å². The summed E-state index contributed by atoms with van der Waals surface area (Å²) in [4.78, 5) is 10.9. The van der Waals surface area contributed by atoms with Gasteiger partial charge >= 0.3 is 5.97 Å². The first-order chi connectivity index (χ1) is 13.9. The molecule has 4 nitrogen and oxygen atoms in total. The summed E-state index contributed by atoms with van der Waals surface area (Å²) in [5.41, 5.74) is 0.640. The van der Waals surface area contributed by atoms with Gasteiger partial charge in [0.15, 0.2) is 0 Å². The second-order valence-corrected chi connectivity index (χ2v) is 8.69. The lowest BCUT2D eigenvalue weighted by Gasteiger charge is -2.27. The summed E-state index contributed by atoms with van der Waals surface area (Å²) in [5, 5.41) is 15.4. The smallest absolute Gasteiger partial charge is 0.310 e. The molecule has 1 aromatic rings. The van der Waals surface area contributed by atoms with E-state index in [1.807, 2.05) is 13.1 Å². The number of benzene rings is 1. The van der Waals surface area contributed by atoms with Gasteiger partial charge in [-0.2, -0.15) is 0 Å². The van der Waals surface area contributed by atoms with Crippen molar-refractivity contribution in [1.82, 2.24) is 10.6 Å². The van der Waals surface area contributed by atoms with E-state index in [1.54, 1.807) is 13.8 Å². The Morgan fingerprint density at radius 3 is 2.14 bits per heavy atom. The van der Waals surface area contributed by atoms with Crippen LogP contribution < -0.4 is 10.6 Å². The number of hydrogen-bond donors (Lipinski definition) is 3. The molecule has 2 saturated carbocycles. The first-order valence-electron chi connectivity index (χ1n) is 11.2. The Bertz CT molecular complexity index is 574. The van der Waals surface area contributed by atoms with Crippen molar-refractivity contribution in [3.05, 3.63) is 42.0 Å². The van der Waals surface area contributed by atoms with Crippen molar-refractivity contribution in [3.8, 4) is 0 Å². The maximum Gasteiger partial charge on any atom is 0.310 e. The van der Waals surface area contributed by atoms with Crippen LogP contribution in [0.3, 0.4) is 0 Å². The molecule has 164 valence electrons. The molecular weight excluding hydrogens is 360 g/mol. The molecule has 0 spiro atoms. The lowest BCUT2D eigenvalue weighted by molar-refractivity contribution is -0.146. The molecule has 0 unspecified atom stereocenters. The van der Waals surface area contributed by atoms with Gasteiger partial charge in [0.25, 0.3) is 0 Å². The summed E-state index contributed by atoms with van der Waals surface area (Å²) in [6.45, 7) is 6.25. The molecule has 3 N–H and O–H groups in total. The number of carboxylic acid groups (broad SMARTS) is 1. The second kappa shape index (κ2) is 14.4. The first kappa shape index (κ1) is 25.4. The van der Waals surface area contributed by atoms with Crippen LogP contribution in [0, 0.1) is 5.41 Å². The Morgan fingerprint density at radius 1 is 1.07 bits per heavy atom. The van der Waals surface area contributed by atoms with Crippen LogP contribution in [0.1, 0.15) is 77.7 Å². The van der Waals surface area contributed by atoms with Crippen molar-refractivity contribution in [2.45, 2.75) is 84.2 Å². The van der Waals surface area contributed by atoms with E-state index < -0.39 is 11.4 Å². The van der Waals surface area contributed by atoms with Crippen molar-refractivity contribution < 1.29 is 9.90 Å². The maximum absolute atomic E-state index is 10.9. The molecule has 2 aliphatic rings. The minimum atomic E-state index is -0.721. The molecule has 0 aliphatic heterocycles. The summed E-state index contributed by atoms with van der Waals surface area (Å²) < 4.78 is 0. The topological polar surface area (TPSA) is 61.4 Å². The quantitative estimate of drug-likeness (QED) is 0.564. The molecule has 0 amide bonds. The normalized spacial score (nSPS) is 17.1. The number of aliphatic carboxylic acids is 1. The minimum Gasteiger partial charge on any atom is -0.481 e. The number of allylic oxidation sites excluding steroid dienone is 1. The molecule has 0 bridgehead atoms. The van der Waals surface area contributed by atoms with Crippen LogP contribution >= 0.6 is 0 Å². The molecular formula is C25H42N2O2. The Kier molecular flexibility index (Phi) is 12.6. The molecule has 0 atom stereocenters. The van der Waals surface area contributed by atoms with Crippen LogP contribution in [-0.2, 0) is 4.79 Å². The highest BCUT2D eigenvalue weighted by Gasteiger charge is 2.27. The van der Waals surface area contributed by atoms with E-state index in [-0.39, 0.29) is 0 Å². The van der Waals surface area contributed by atoms with Gasteiger partial charge < -0.3 is 15.7 Å². The van der Waals surface area contributed by atoms with Crippen LogP contribution in [0.15, 0.2) is 36.4 Å². The van der Waals surface area contributed by atoms with Gasteiger partial charge in [0.1, 0.15) is 0 Å². The third kappa shape index (κ3) is 12.5. The molecule has 1 aromatic carbocycles. The van der Waals surface area contributed by atoms with Gasteiger partial charge in [0.05, 0.1) is 5.41 Å². The predicted octanol–water partition coefficient (Wildman–Crippen LogP) is 5.50. The third-order valence-corrected chi connectivity index (χ3v) is 5.35. The zero-order valence-corrected chi connectivity index (χ0v) is 18.9. The number of carbonyl (C=O) groups is 1. The highest BCUT2D eigenvalue weighted by Crippen LogP contribution is 2.20. The van der Waals surface area contributed by atoms with Gasteiger partial charge in [-0.05, 0) is 58.6 Å². The van der Waals surface area contributed by atoms with Gasteiger partial charge in [-0.15, -0.1) is 0 Å². The van der Waals surface area contributed by atoms with Crippen LogP contribution in [0.2, 0.25) is 0 Å². The van der Waals surface area contributed by atoms with Crippen molar-refractivity contribution in [2.24, 2.45) is 5.41 Å². The standard InChI is InChI=1S/C11H21NO2.C10H12.C4H9N/c1-11(2,10(13)14)8-12-9-6-4-3-5-7-9;1-2-3-7-10-8-5-4-6-9-10;1-5-4-2-3-4/h9,12H,3-8H2,1-2H3,(H,13,14);3-9H,2H2,1H3;4-5H,2-3H2,1H3/b;7-3-;. The summed E-state index contributed by atoms with van der Waals surface area (Å²) in [6, 6.07) is 11.8. The molecule has 4 heteroatoms. The monoisotopic (exact) mass is 402 g/mol. The summed E-state index contributed by atoms with van der Waals surface area (Å²) in [6.07, 6.45) is 14.5. The molecule has 29 heavy (non-hydrogen) atoms. The molecule has 0 saturated heterocycles. The van der Waals surface area contributed by atoms with E-state index in [1.165, 1.54) is 50.5 Å². The molecule has 3 rings (SSSR count). The maximum atomic E-state index is 10.9. The minimum absolute atomic E-state index is 0.544. The largest absolute Gasteiger partial charge is 0.481 e. The van der Waals surface area contributed by atoms with Gasteiger partial charge in [0, 0.05) is 18.6 Å². The molecule has 0 radical (unpaired) electrons. The molecule has 2 aliphatic carbocycles.